The largest absolute Gasteiger partial charge is 0.339 e. The van der Waals surface area contributed by atoms with Gasteiger partial charge in [0, 0.05) is 18.9 Å². The fraction of sp³-hybridized carbons (Fsp3) is 0.375. The van der Waals surface area contributed by atoms with Crippen molar-refractivity contribution < 1.29 is 28.7 Å². The highest BCUT2D eigenvalue weighted by Crippen LogP contribution is 2.41. The molecule has 0 saturated carbocycles. The third-order valence-corrected chi connectivity index (χ3v) is 3.46. The first kappa shape index (κ1) is 15.5. The average Bonchev–Trinajstić information content (AvgIpc) is 2.13. The van der Waals surface area contributed by atoms with Crippen LogP contribution in [0.2, 0.25) is 0 Å². The van der Waals surface area contributed by atoms with Gasteiger partial charge in [-0.15, -0.1) is 0 Å². The number of pyridine rings is 1. The van der Waals surface area contributed by atoms with Crippen LogP contribution in [0.25, 0.3) is 0 Å². The summed E-state index contributed by atoms with van der Waals surface area (Å²) in [6.45, 7) is 0.0265. The summed E-state index contributed by atoms with van der Waals surface area (Å²) in [6.07, 6.45) is 1.56. The van der Waals surface area contributed by atoms with E-state index in [1.54, 1.807) is 12.1 Å². The molecule has 0 fully saturated rings. The molecule has 1 aromatic heterocycles. The van der Waals surface area contributed by atoms with Crippen molar-refractivity contribution in [2.24, 2.45) is 0 Å². The molecule has 0 spiro atoms. The predicted octanol–water partition coefficient (Wildman–Crippen LogP) is 0.154. The summed E-state index contributed by atoms with van der Waals surface area (Å²) in [5, 5.41) is 0. The fourth-order valence-electron chi connectivity index (χ4n) is 1.41. The zero-order valence-corrected chi connectivity index (χ0v) is 11.1. The molecule has 4 N–H and O–H groups in total. The van der Waals surface area contributed by atoms with Crippen LogP contribution in [0.5, 0.6) is 0 Å². The van der Waals surface area contributed by atoms with E-state index in [2.05, 4.69) is 4.98 Å². The molecule has 0 bridgehead atoms. The van der Waals surface area contributed by atoms with Gasteiger partial charge in [0.2, 0.25) is 0 Å². The van der Waals surface area contributed by atoms with Gasteiger partial charge in [-0.2, -0.15) is 0 Å². The van der Waals surface area contributed by atoms with Gasteiger partial charge < -0.3 is 19.6 Å². The first-order chi connectivity index (χ1) is 8.16. The van der Waals surface area contributed by atoms with Gasteiger partial charge in [-0.3, -0.25) is 19.0 Å². The molecule has 0 amide bonds. The second kappa shape index (κ2) is 6.04. The van der Waals surface area contributed by atoms with E-state index in [-0.39, 0.29) is 6.54 Å². The number of nitrogens with zero attached hydrogens (tertiary/aromatic N) is 2. The Balaban J connectivity index is 2.78. The van der Waals surface area contributed by atoms with Crippen molar-refractivity contribution in [2.75, 3.05) is 12.6 Å². The van der Waals surface area contributed by atoms with E-state index in [1.807, 2.05) is 0 Å². The van der Waals surface area contributed by atoms with Crippen LogP contribution < -0.4 is 0 Å². The number of hydrogen-bond acceptors (Lipinski definition) is 4. The van der Waals surface area contributed by atoms with Crippen molar-refractivity contribution >= 4 is 15.2 Å². The lowest BCUT2D eigenvalue weighted by molar-refractivity contribution is 0.273. The third-order valence-electron chi connectivity index (χ3n) is 1.92. The SMILES string of the molecule is O=P(O)(O)CN(Cc1ccncc1)CP(=O)(O)O. The molecule has 1 rings (SSSR count). The molecule has 0 unspecified atom stereocenters. The summed E-state index contributed by atoms with van der Waals surface area (Å²) in [5.41, 5.74) is 0.659. The quantitative estimate of drug-likeness (QED) is 0.546. The summed E-state index contributed by atoms with van der Waals surface area (Å²) in [7, 11) is -8.76. The Bertz CT molecular complexity index is 446. The van der Waals surface area contributed by atoms with Crippen LogP contribution >= 0.6 is 15.2 Å². The Morgan fingerprint density at radius 3 is 1.83 bits per heavy atom. The highest BCUT2D eigenvalue weighted by atomic mass is 31.2. The predicted molar refractivity (Wildman–Crippen MR) is 63.6 cm³/mol. The topological polar surface area (TPSA) is 131 Å². The lowest BCUT2D eigenvalue weighted by Crippen LogP contribution is -2.25. The molecule has 0 aliphatic rings. The normalized spacial score (nSPS) is 12.9. The molecule has 8 nitrogen and oxygen atoms in total. The van der Waals surface area contributed by atoms with Gasteiger partial charge in [-0.25, -0.2) is 0 Å². The van der Waals surface area contributed by atoms with Crippen molar-refractivity contribution in [3.05, 3.63) is 30.1 Å². The molecular weight excluding hydrogens is 282 g/mol. The Hall–Kier alpha value is -0.590. The van der Waals surface area contributed by atoms with Gasteiger partial charge in [0.05, 0.1) is 0 Å². The monoisotopic (exact) mass is 296 g/mol. The fourth-order valence-corrected chi connectivity index (χ4v) is 3.01. The minimum atomic E-state index is -4.38. The molecular formula is C8H14N2O6P2. The lowest BCUT2D eigenvalue weighted by Gasteiger charge is -2.22. The van der Waals surface area contributed by atoms with E-state index in [0.29, 0.717) is 5.56 Å². The summed E-state index contributed by atoms with van der Waals surface area (Å²) in [6, 6.07) is 3.21. The molecule has 1 heterocycles. The van der Waals surface area contributed by atoms with Crippen LogP contribution in [0, 0.1) is 0 Å². The summed E-state index contributed by atoms with van der Waals surface area (Å²) in [5.74, 6) is 0. The van der Waals surface area contributed by atoms with E-state index in [4.69, 9.17) is 19.6 Å². The smallest absolute Gasteiger partial charge is 0.324 e. The standard InChI is InChI=1S/C8H14N2O6P2/c11-17(12,13)6-10(7-18(14,15)16)5-8-1-3-9-4-2-8/h1-4H,5-7H2,(H2,11,12,13)(H2,14,15,16). The zero-order valence-electron chi connectivity index (χ0n) is 9.32. The summed E-state index contributed by atoms with van der Waals surface area (Å²) >= 11 is 0. The molecule has 0 aliphatic heterocycles. The highest BCUT2D eigenvalue weighted by Gasteiger charge is 2.25. The minimum Gasteiger partial charge on any atom is -0.324 e. The van der Waals surface area contributed by atoms with Gasteiger partial charge >= 0.3 is 15.2 Å². The van der Waals surface area contributed by atoms with Gasteiger partial charge in [-0.05, 0) is 17.7 Å². The molecule has 0 radical (unpaired) electrons. The van der Waals surface area contributed by atoms with Crippen molar-refractivity contribution in [1.82, 2.24) is 9.88 Å². The van der Waals surface area contributed by atoms with Gasteiger partial charge in [0.25, 0.3) is 0 Å². The number of hydrogen-bond donors (Lipinski definition) is 4. The molecule has 0 aliphatic carbocycles. The maximum atomic E-state index is 10.9. The van der Waals surface area contributed by atoms with Gasteiger partial charge in [-0.1, -0.05) is 0 Å². The average molecular weight is 296 g/mol. The maximum absolute atomic E-state index is 10.9. The second-order valence-corrected chi connectivity index (χ2v) is 7.02. The van der Waals surface area contributed by atoms with Crippen LogP contribution in [0.1, 0.15) is 5.56 Å². The first-order valence-electron chi connectivity index (χ1n) is 4.86. The van der Waals surface area contributed by atoms with Crippen LogP contribution in [-0.4, -0.2) is 42.0 Å². The highest BCUT2D eigenvalue weighted by molar-refractivity contribution is 7.52. The van der Waals surface area contributed by atoms with E-state index in [1.165, 1.54) is 12.4 Å². The van der Waals surface area contributed by atoms with Crippen LogP contribution in [0.3, 0.4) is 0 Å². The van der Waals surface area contributed by atoms with Crippen molar-refractivity contribution in [2.45, 2.75) is 6.54 Å². The van der Waals surface area contributed by atoms with Gasteiger partial charge in [0.1, 0.15) is 12.6 Å². The van der Waals surface area contributed by atoms with E-state index >= 15 is 0 Å². The molecule has 1 aromatic rings. The van der Waals surface area contributed by atoms with Crippen molar-refractivity contribution in [3.8, 4) is 0 Å². The number of rotatable bonds is 6. The molecule has 0 aromatic carbocycles. The Morgan fingerprint density at radius 1 is 1.00 bits per heavy atom. The molecule has 10 heteroatoms. The van der Waals surface area contributed by atoms with E-state index in [9.17, 15) is 9.13 Å². The summed E-state index contributed by atoms with van der Waals surface area (Å²) in [4.78, 5) is 40.3. The molecule has 0 saturated heterocycles. The van der Waals surface area contributed by atoms with Crippen LogP contribution in [0.15, 0.2) is 24.5 Å². The lowest BCUT2D eigenvalue weighted by atomic mass is 10.3. The van der Waals surface area contributed by atoms with E-state index in [0.717, 1.165) is 4.90 Å². The Kier molecular flexibility index (Phi) is 5.19. The number of aromatic nitrogens is 1. The van der Waals surface area contributed by atoms with Crippen molar-refractivity contribution in [1.29, 1.82) is 0 Å². The third kappa shape index (κ3) is 6.98. The van der Waals surface area contributed by atoms with Gasteiger partial charge in [0.15, 0.2) is 0 Å². The van der Waals surface area contributed by atoms with Crippen LogP contribution in [0.4, 0.5) is 0 Å². The van der Waals surface area contributed by atoms with E-state index < -0.39 is 27.8 Å². The first-order valence-corrected chi connectivity index (χ1v) is 8.46. The second-order valence-electron chi connectivity index (χ2n) is 3.80. The van der Waals surface area contributed by atoms with Crippen molar-refractivity contribution in [3.63, 3.8) is 0 Å². The summed E-state index contributed by atoms with van der Waals surface area (Å²) < 4.78 is 21.8. The zero-order chi connectivity index (χ0) is 13.8. The maximum Gasteiger partial charge on any atom is 0.339 e. The minimum absolute atomic E-state index is 0.0265. The molecule has 102 valence electrons. The Morgan fingerprint density at radius 2 is 1.44 bits per heavy atom. The van der Waals surface area contributed by atoms with Crippen LogP contribution in [-0.2, 0) is 15.7 Å². The molecule has 0 atom stereocenters. The molecule has 18 heavy (non-hydrogen) atoms. The Labute approximate surface area is 104 Å².